The number of esters is 2. The zero-order valence-corrected chi connectivity index (χ0v) is 18.2. The number of carbonyl (C=O) groups is 2. The van der Waals surface area contributed by atoms with Crippen LogP contribution in [0.3, 0.4) is 0 Å². The van der Waals surface area contributed by atoms with Crippen molar-refractivity contribution < 1.29 is 29.1 Å². The number of nitrogens with zero attached hydrogens (tertiary/aromatic N) is 5. The van der Waals surface area contributed by atoms with E-state index in [4.69, 9.17) is 14.6 Å². The van der Waals surface area contributed by atoms with Gasteiger partial charge in [-0.25, -0.2) is 19.6 Å². The third-order valence-electron chi connectivity index (χ3n) is 5.11. The van der Waals surface area contributed by atoms with Gasteiger partial charge in [-0.2, -0.15) is 0 Å². The number of hydrogen-bond donors (Lipinski definition) is 2. The van der Waals surface area contributed by atoms with Gasteiger partial charge in [0.25, 0.3) is 0 Å². The highest BCUT2D eigenvalue weighted by Crippen LogP contribution is 2.34. The number of β-amino-alcohol motifs (C(OH)–C–C–N with tert-alkyl or cyclic N) is 1. The fraction of sp³-hybridized carbons (Fsp3) is 0.400. The van der Waals surface area contributed by atoms with E-state index in [0.29, 0.717) is 32.7 Å². The molecule has 1 fully saturated rings. The first-order chi connectivity index (χ1) is 15.9. The summed E-state index contributed by atoms with van der Waals surface area (Å²) in [6.45, 7) is 2.79. The Bertz CT molecular complexity index is 1010. The van der Waals surface area contributed by atoms with Crippen molar-refractivity contribution in [1.82, 2.24) is 14.9 Å². The van der Waals surface area contributed by atoms with Gasteiger partial charge in [-0.1, -0.05) is 0 Å². The second kappa shape index (κ2) is 10.7. The Morgan fingerprint density at radius 1 is 1.09 bits per heavy atom. The van der Waals surface area contributed by atoms with Gasteiger partial charge < -0.3 is 24.8 Å². The van der Waals surface area contributed by atoms with Crippen LogP contribution in [0.15, 0.2) is 24.5 Å². The molecule has 0 atom stereocenters. The number of nitro groups is 1. The topological polar surface area (TPSA) is 160 Å². The normalized spacial score (nSPS) is 14.0. The van der Waals surface area contributed by atoms with Crippen LogP contribution in [-0.2, 0) is 9.47 Å². The quantitative estimate of drug-likeness (QED) is 0.325. The van der Waals surface area contributed by atoms with E-state index in [9.17, 15) is 19.7 Å². The Labute approximate surface area is 189 Å². The van der Waals surface area contributed by atoms with Crippen molar-refractivity contribution in [1.29, 1.82) is 0 Å². The predicted octanol–water partition coefficient (Wildman–Crippen LogP) is 0.816. The minimum Gasteiger partial charge on any atom is -0.465 e. The van der Waals surface area contributed by atoms with Crippen molar-refractivity contribution in [3.8, 4) is 0 Å². The van der Waals surface area contributed by atoms with Crippen LogP contribution in [0, 0.1) is 10.1 Å². The standard InChI is InChI=1S/C20H24N6O7/c1-32-19(28)13-9-14(20(29)33-2)11-15(10-13)23-17-16(26(30)31)18(22-12-21-17)25-5-3-24(4-6-25)7-8-27/h9-12,27H,3-8H2,1-2H3,(H,21,22,23). The number of carbonyl (C=O) groups excluding carboxylic acids is 2. The van der Waals surface area contributed by atoms with Gasteiger partial charge in [-0.3, -0.25) is 15.0 Å². The first kappa shape index (κ1) is 23.8. The Balaban J connectivity index is 1.96. The number of aliphatic hydroxyl groups excluding tert-OH is 1. The second-order valence-corrected chi connectivity index (χ2v) is 7.11. The first-order valence-corrected chi connectivity index (χ1v) is 10.0. The number of rotatable bonds is 8. The maximum atomic E-state index is 12.0. The monoisotopic (exact) mass is 460 g/mol. The van der Waals surface area contributed by atoms with Crippen LogP contribution < -0.4 is 10.2 Å². The number of anilines is 3. The summed E-state index contributed by atoms with van der Waals surface area (Å²) in [7, 11) is 2.39. The molecule has 0 spiro atoms. The van der Waals surface area contributed by atoms with Gasteiger partial charge in [0.05, 0.1) is 36.9 Å². The summed E-state index contributed by atoms with van der Waals surface area (Å²) < 4.78 is 9.43. The van der Waals surface area contributed by atoms with E-state index in [-0.39, 0.29) is 40.7 Å². The molecule has 13 nitrogen and oxygen atoms in total. The summed E-state index contributed by atoms with van der Waals surface area (Å²) in [5.41, 5.74) is -0.0188. The van der Waals surface area contributed by atoms with Crippen molar-refractivity contribution in [2.45, 2.75) is 0 Å². The third-order valence-corrected chi connectivity index (χ3v) is 5.11. The molecule has 0 saturated carbocycles. The van der Waals surface area contributed by atoms with Crippen molar-refractivity contribution >= 4 is 34.9 Å². The number of aromatic nitrogens is 2. The summed E-state index contributed by atoms with van der Waals surface area (Å²) in [5.74, 6) is -1.33. The Kier molecular flexibility index (Phi) is 7.69. The molecule has 2 N–H and O–H groups in total. The van der Waals surface area contributed by atoms with Crippen LogP contribution in [0.1, 0.15) is 20.7 Å². The lowest BCUT2D eigenvalue weighted by molar-refractivity contribution is -0.383. The van der Waals surface area contributed by atoms with E-state index < -0.39 is 16.9 Å². The fourth-order valence-electron chi connectivity index (χ4n) is 3.49. The first-order valence-electron chi connectivity index (χ1n) is 10.0. The van der Waals surface area contributed by atoms with Gasteiger partial charge in [-0.05, 0) is 18.2 Å². The largest absolute Gasteiger partial charge is 0.465 e. The van der Waals surface area contributed by atoms with Gasteiger partial charge in [0.2, 0.25) is 11.6 Å². The number of aliphatic hydroxyl groups is 1. The summed E-state index contributed by atoms with van der Waals surface area (Å²) in [5, 5.41) is 23.9. The number of benzene rings is 1. The van der Waals surface area contributed by atoms with Crippen molar-refractivity contribution in [2.75, 3.05) is 63.8 Å². The summed E-state index contributed by atoms with van der Waals surface area (Å²) in [6, 6.07) is 4.07. The molecule has 176 valence electrons. The molecule has 2 heterocycles. The second-order valence-electron chi connectivity index (χ2n) is 7.11. The van der Waals surface area contributed by atoms with Gasteiger partial charge in [-0.15, -0.1) is 0 Å². The van der Waals surface area contributed by atoms with E-state index in [1.54, 1.807) is 4.90 Å². The summed E-state index contributed by atoms with van der Waals surface area (Å²) in [4.78, 5) is 47.4. The Hall–Kier alpha value is -3.84. The maximum Gasteiger partial charge on any atom is 0.353 e. The molecular weight excluding hydrogens is 436 g/mol. The lowest BCUT2D eigenvalue weighted by atomic mass is 10.1. The molecule has 1 aliphatic heterocycles. The molecule has 0 amide bonds. The van der Waals surface area contributed by atoms with Gasteiger partial charge in [0, 0.05) is 38.4 Å². The maximum absolute atomic E-state index is 12.0. The van der Waals surface area contributed by atoms with Gasteiger partial charge in [0.1, 0.15) is 6.33 Å². The molecule has 33 heavy (non-hydrogen) atoms. The van der Waals surface area contributed by atoms with Crippen LogP contribution >= 0.6 is 0 Å². The number of piperazine rings is 1. The third kappa shape index (κ3) is 5.51. The number of methoxy groups -OCH3 is 2. The Morgan fingerprint density at radius 3 is 2.21 bits per heavy atom. The molecule has 1 saturated heterocycles. The Morgan fingerprint density at radius 2 is 1.70 bits per heavy atom. The molecule has 1 aliphatic rings. The molecule has 3 rings (SSSR count). The average Bonchev–Trinajstić information content (AvgIpc) is 2.83. The van der Waals surface area contributed by atoms with Crippen molar-refractivity contribution in [3.63, 3.8) is 0 Å². The predicted molar refractivity (Wildman–Crippen MR) is 117 cm³/mol. The van der Waals surface area contributed by atoms with E-state index in [1.165, 1.54) is 38.7 Å². The van der Waals surface area contributed by atoms with Crippen LogP contribution in [0.4, 0.5) is 23.0 Å². The van der Waals surface area contributed by atoms with Crippen LogP contribution in [-0.4, -0.2) is 90.4 Å². The minimum absolute atomic E-state index is 0.0416. The highest BCUT2D eigenvalue weighted by molar-refractivity contribution is 5.97. The van der Waals surface area contributed by atoms with Crippen LogP contribution in [0.5, 0.6) is 0 Å². The zero-order chi connectivity index (χ0) is 24.0. The molecule has 0 unspecified atom stereocenters. The number of hydrogen-bond acceptors (Lipinski definition) is 12. The van der Waals surface area contributed by atoms with Crippen LogP contribution in [0.25, 0.3) is 0 Å². The van der Waals surface area contributed by atoms with Crippen molar-refractivity contribution in [2.24, 2.45) is 0 Å². The van der Waals surface area contributed by atoms with E-state index >= 15 is 0 Å². The molecule has 0 radical (unpaired) electrons. The lowest BCUT2D eigenvalue weighted by Crippen LogP contribution is -2.47. The lowest BCUT2D eigenvalue weighted by Gasteiger charge is -2.34. The molecule has 1 aromatic carbocycles. The minimum atomic E-state index is -0.692. The molecule has 1 aromatic heterocycles. The van der Waals surface area contributed by atoms with E-state index in [1.807, 2.05) is 0 Å². The molecule has 13 heteroatoms. The molecule has 0 aliphatic carbocycles. The fourth-order valence-corrected chi connectivity index (χ4v) is 3.49. The van der Waals surface area contributed by atoms with Crippen molar-refractivity contribution in [3.05, 3.63) is 45.8 Å². The highest BCUT2D eigenvalue weighted by atomic mass is 16.6. The zero-order valence-electron chi connectivity index (χ0n) is 18.2. The number of nitrogens with one attached hydrogen (secondary N) is 1. The van der Waals surface area contributed by atoms with E-state index in [2.05, 4.69) is 20.2 Å². The average molecular weight is 460 g/mol. The SMILES string of the molecule is COC(=O)c1cc(Nc2ncnc(N3CCN(CCO)CC3)c2[N+](=O)[O-])cc(C(=O)OC)c1. The summed E-state index contributed by atoms with van der Waals surface area (Å²) in [6.07, 6.45) is 1.20. The van der Waals surface area contributed by atoms with Gasteiger partial charge in [0.15, 0.2) is 0 Å². The summed E-state index contributed by atoms with van der Waals surface area (Å²) >= 11 is 0. The van der Waals surface area contributed by atoms with E-state index in [0.717, 1.165) is 0 Å². The molecule has 2 aromatic rings. The van der Waals surface area contributed by atoms with Crippen LogP contribution in [0.2, 0.25) is 0 Å². The smallest absolute Gasteiger partial charge is 0.353 e. The molecule has 0 bridgehead atoms. The molecular formula is C20H24N6O7. The highest BCUT2D eigenvalue weighted by Gasteiger charge is 2.29. The van der Waals surface area contributed by atoms with Gasteiger partial charge >= 0.3 is 17.6 Å². The number of ether oxygens (including phenoxy) is 2.